The summed E-state index contributed by atoms with van der Waals surface area (Å²) < 4.78 is 61.9. The van der Waals surface area contributed by atoms with Gasteiger partial charge in [-0.05, 0) is 24.1 Å². The predicted molar refractivity (Wildman–Crippen MR) is 50.0 cm³/mol. The van der Waals surface area contributed by atoms with Crippen LogP contribution in [0, 0.1) is 0 Å². The standard InChI is InChI=1S/C8H8F5NS/c9-15(10,11,12,13)7-2-1-6-3-4-14-8(6)5-7/h1-2,5,14H,3-4H2. The molecule has 0 saturated heterocycles. The number of rotatable bonds is 1. The van der Waals surface area contributed by atoms with Crippen molar-refractivity contribution in [1.82, 2.24) is 0 Å². The molecule has 7 heteroatoms. The van der Waals surface area contributed by atoms with Crippen LogP contribution in [-0.2, 0) is 6.42 Å². The Bertz CT molecular complexity index is 424. The van der Waals surface area contributed by atoms with E-state index in [0.717, 1.165) is 6.07 Å². The van der Waals surface area contributed by atoms with Gasteiger partial charge in [-0.25, -0.2) is 0 Å². The summed E-state index contributed by atoms with van der Waals surface area (Å²) in [5, 5.41) is 2.63. The highest BCUT2D eigenvalue weighted by Crippen LogP contribution is 3.02. The van der Waals surface area contributed by atoms with Crippen LogP contribution in [0.3, 0.4) is 0 Å². The number of hydrogen-bond donors (Lipinski definition) is 1. The summed E-state index contributed by atoms with van der Waals surface area (Å²) in [5.41, 5.74) is 0.793. The van der Waals surface area contributed by atoms with E-state index in [2.05, 4.69) is 5.32 Å². The summed E-state index contributed by atoms with van der Waals surface area (Å²) in [6, 6.07) is 2.04. The lowest BCUT2D eigenvalue weighted by molar-refractivity contribution is 0.364. The minimum atomic E-state index is -9.52. The Morgan fingerprint density at radius 2 is 1.73 bits per heavy atom. The number of benzene rings is 1. The highest BCUT2D eigenvalue weighted by Gasteiger charge is 2.65. The molecule has 1 N–H and O–H groups in total. The van der Waals surface area contributed by atoms with Gasteiger partial charge in [-0.3, -0.25) is 0 Å². The first-order chi connectivity index (χ1) is 6.56. The van der Waals surface area contributed by atoms with E-state index in [1.54, 1.807) is 0 Å². The molecule has 0 saturated carbocycles. The van der Waals surface area contributed by atoms with Gasteiger partial charge in [0.15, 0.2) is 0 Å². The fraction of sp³-hybridized carbons (Fsp3) is 0.250. The van der Waals surface area contributed by atoms with Crippen LogP contribution >= 0.6 is 10.2 Å². The monoisotopic (exact) mass is 245 g/mol. The third-order valence-electron chi connectivity index (χ3n) is 2.24. The first kappa shape index (κ1) is 10.5. The summed E-state index contributed by atoms with van der Waals surface area (Å²) in [5.74, 6) is 0. The van der Waals surface area contributed by atoms with Crippen molar-refractivity contribution < 1.29 is 19.4 Å². The van der Waals surface area contributed by atoms with Gasteiger partial charge in [-0.1, -0.05) is 25.5 Å². The van der Waals surface area contributed by atoms with E-state index in [4.69, 9.17) is 0 Å². The minimum Gasteiger partial charge on any atom is -0.384 e. The molecule has 86 valence electrons. The molecule has 1 aliphatic rings. The van der Waals surface area contributed by atoms with Gasteiger partial charge in [-0.15, -0.1) is 0 Å². The van der Waals surface area contributed by atoms with Gasteiger partial charge in [0.05, 0.1) is 0 Å². The maximum atomic E-state index is 12.4. The Morgan fingerprint density at radius 3 is 2.33 bits per heavy atom. The maximum Gasteiger partial charge on any atom is 0.310 e. The topological polar surface area (TPSA) is 12.0 Å². The molecule has 0 unspecified atom stereocenters. The van der Waals surface area contributed by atoms with Crippen LogP contribution in [0.4, 0.5) is 25.1 Å². The normalized spacial score (nSPS) is 20.1. The van der Waals surface area contributed by atoms with Crippen molar-refractivity contribution in [3.8, 4) is 0 Å². The molecule has 0 bridgehead atoms. The molecular weight excluding hydrogens is 237 g/mol. The number of nitrogens with one attached hydrogen (secondary N) is 1. The SMILES string of the molecule is FS(F)(F)(F)(F)c1ccc2c(c1)NCC2. The summed E-state index contributed by atoms with van der Waals surface area (Å²) >= 11 is 0. The summed E-state index contributed by atoms with van der Waals surface area (Å²) in [7, 11) is -9.52. The smallest absolute Gasteiger partial charge is 0.310 e. The van der Waals surface area contributed by atoms with E-state index in [1.165, 1.54) is 0 Å². The van der Waals surface area contributed by atoms with E-state index >= 15 is 0 Å². The molecule has 1 aromatic carbocycles. The second kappa shape index (κ2) is 2.23. The number of fused-ring (bicyclic) bond motifs is 1. The van der Waals surface area contributed by atoms with Crippen LogP contribution in [0.15, 0.2) is 23.1 Å². The van der Waals surface area contributed by atoms with Gasteiger partial charge in [0.25, 0.3) is 0 Å². The lowest BCUT2D eigenvalue weighted by atomic mass is 10.2. The van der Waals surface area contributed by atoms with Crippen molar-refractivity contribution in [3.05, 3.63) is 23.8 Å². The molecule has 1 aliphatic heterocycles. The van der Waals surface area contributed by atoms with Crippen LogP contribution in [0.1, 0.15) is 5.56 Å². The van der Waals surface area contributed by atoms with Crippen molar-refractivity contribution in [2.75, 3.05) is 11.9 Å². The van der Waals surface area contributed by atoms with Crippen molar-refractivity contribution in [2.45, 2.75) is 11.3 Å². The lowest BCUT2D eigenvalue weighted by Crippen LogP contribution is -2.06. The molecule has 0 fully saturated rings. The second-order valence-electron chi connectivity index (χ2n) is 3.46. The molecule has 0 aromatic heterocycles. The van der Waals surface area contributed by atoms with Crippen molar-refractivity contribution in [3.63, 3.8) is 0 Å². The van der Waals surface area contributed by atoms with Gasteiger partial charge >= 0.3 is 10.2 Å². The molecule has 0 amide bonds. The molecule has 0 radical (unpaired) electrons. The Morgan fingerprint density at radius 1 is 1.07 bits per heavy atom. The third kappa shape index (κ3) is 2.01. The fourth-order valence-electron chi connectivity index (χ4n) is 1.51. The van der Waals surface area contributed by atoms with E-state index in [1.807, 2.05) is 0 Å². The maximum absolute atomic E-state index is 12.4. The highest BCUT2D eigenvalue weighted by atomic mass is 32.5. The van der Waals surface area contributed by atoms with Gasteiger partial charge < -0.3 is 5.32 Å². The molecular formula is C8H8F5NS. The second-order valence-corrected chi connectivity index (χ2v) is 5.87. The first-order valence-electron chi connectivity index (χ1n) is 4.17. The Hall–Kier alpha value is -0.980. The van der Waals surface area contributed by atoms with Crippen LogP contribution in [0.2, 0.25) is 0 Å². The molecule has 1 nitrogen and oxygen atoms in total. The van der Waals surface area contributed by atoms with Gasteiger partial charge in [0, 0.05) is 12.2 Å². The molecule has 2 rings (SSSR count). The van der Waals surface area contributed by atoms with Gasteiger partial charge in [0.2, 0.25) is 0 Å². The molecule has 0 aliphatic carbocycles. The van der Waals surface area contributed by atoms with Gasteiger partial charge in [-0.2, -0.15) is 0 Å². The zero-order valence-corrected chi connectivity index (χ0v) is 8.26. The zero-order chi connectivity index (χ0) is 11.4. The van der Waals surface area contributed by atoms with Crippen molar-refractivity contribution >= 4 is 15.9 Å². The predicted octanol–water partition coefficient (Wildman–Crippen LogP) is 4.31. The number of anilines is 1. The molecule has 1 aromatic rings. The van der Waals surface area contributed by atoms with Crippen LogP contribution in [0.25, 0.3) is 0 Å². The number of hydrogen-bond acceptors (Lipinski definition) is 1. The highest BCUT2D eigenvalue weighted by molar-refractivity contribution is 8.45. The Balaban J connectivity index is 2.58. The van der Waals surface area contributed by atoms with E-state index in [9.17, 15) is 19.4 Å². The lowest BCUT2D eigenvalue weighted by Gasteiger charge is -2.40. The molecule has 1 heterocycles. The number of halogens is 5. The molecule has 15 heavy (non-hydrogen) atoms. The Labute approximate surface area is 83.0 Å². The largest absolute Gasteiger partial charge is 0.384 e. The van der Waals surface area contributed by atoms with E-state index in [0.29, 0.717) is 30.7 Å². The first-order valence-corrected chi connectivity index (χ1v) is 6.12. The average Bonchev–Trinajstić information content (AvgIpc) is 2.45. The van der Waals surface area contributed by atoms with Crippen molar-refractivity contribution in [1.29, 1.82) is 0 Å². The van der Waals surface area contributed by atoms with Gasteiger partial charge in [0.1, 0.15) is 4.90 Å². The van der Waals surface area contributed by atoms with Crippen molar-refractivity contribution in [2.24, 2.45) is 0 Å². The Kier molecular flexibility index (Phi) is 1.57. The molecule has 0 atom stereocenters. The van der Waals surface area contributed by atoms with Crippen LogP contribution in [-0.4, -0.2) is 6.54 Å². The third-order valence-corrected chi connectivity index (χ3v) is 3.38. The van der Waals surface area contributed by atoms with E-state index < -0.39 is 15.1 Å². The average molecular weight is 245 g/mol. The summed E-state index contributed by atoms with van der Waals surface area (Å²) in [6.07, 6.45) is 0.565. The summed E-state index contributed by atoms with van der Waals surface area (Å²) in [4.78, 5) is -1.83. The molecule has 0 spiro atoms. The minimum absolute atomic E-state index is 0.153. The quantitative estimate of drug-likeness (QED) is 0.727. The zero-order valence-electron chi connectivity index (χ0n) is 7.44. The summed E-state index contributed by atoms with van der Waals surface area (Å²) in [6.45, 7) is 0.485. The van der Waals surface area contributed by atoms with Crippen LogP contribution < -0.4 is 5.32 Å². The fourth-order valence-corrected chi connectivity index (χ4v) is 2.18. The van der Waals surface area contributed by atoms with E-state index in [-0.39, 0.29) is 5.69 Å². The van der Waals surface area contributed by atoms with Crippen LogP contribution in [0.5, 0.6) is 0 Å².